The van der Waals surface area contributed by atoms with Crippen molar-refractivity contribution in [2.45, 2.75) is 20.3 Å². The van der Waals surface area contributed by atoms with Gasteiger partial charge in [0.25, 0.3) is 0 Å². The second-order valence-electron chi connectivity index (χ2n) is 4.30. The average Bonchev–Trinajstić information content (AvgIpc) is 2.64. The molecule has 0 aliphatic heterocycles. The van der Waals surface area contributed by atoms with Crippen molar-refractivity contribution in [1.29, 1.82) is 0 Å². The molecule has 0 fully saturated rings. The van der Waals surface area contributed by atoms with E-state index in [0.717, 1.165) is 5.76 Å². The summed E-state index contributed by atoms with van der Waals surface area (Å²) in [5.41, 5.74) is 5.59. The Balaban J connectivity index is 2.73. The lowest BCUT2D eigenvalue weighted by Gasteiger charge is -2.20. The van der Waals surface area contributed by atoms with Crippen molar-refractivity contribution in [3.8, 4) is 0 Å². The second kappa shape index (κ2) is 4.49. The Kier molecular flexibility index (Phi) is 3.52. The topological polar surface area (TPSA) is 65.5 Å². The fraction of sp³-hybridized carbons (Fsp3) is 0.545. The molecule has 0 atom stereocenters. The van der Waals surface area contributed by atoms with Crippen LogP contribution in [0.1, 0.15) is 30.2 Å². The molecule has 15 heavy (non-hydrogen) atoms. The van der Waals surface area contributed by atoms with Gasteiger partial charge in [0.15, 0.2) is 0 Å². The molecule has 4 nitrogen and oxygen atoms in total. The fourth-order valence-corrected chi connectivity index (χ4v) is 1.23. The number of carbonyl (C=O) groups excluding carboxylic acids is 1. The Morgan fingerprint density at radius 3 is 2.73 bits per heavy atom. The van der Waals surface area contributed by atoms with Crippen LogP contribution in [0.5, 0.6) is 0 Å². The number of nitrogens with two attached hydrogens (primary N) is 1. The van der Waals surface area contributed by atoms with Gasteiger partial charge in [-0.1, -0.05) is 13.8 Å². The van der Waals surface area contributed by atoms with Crippen molar-refractivity contribution in [3.63, 3.8) is 0 Å². The minimum Gasteiger partial charge on any atom is -0.463 e. The van der Waals surface area contributed by atoms with Crippen LogP contribution in [0, 0.1) is 5.41 Å². The van der Waals surface area contributed by atoms with E-state index in [9.17, 15) is 4.79 Å². The van der Waals surface area contributed by atoms with Gasteiger partial charge in [-0.05, 0) is 24.1 Å². The number of furan rings is 1. The highest BCUT2D eigenvalue weighted by atomic mass is 16.5. The van der Waals surface area contributed by atoms with Gasteiger partial charge in [-0.3, -0.25) is 0 Å². The maximum atomic E-state index is 11.1. The first-order chi connectivity index (χ1) is 6.98. The van der Waals surface area contributed by atoms with E-state index in [-0.39, 0.29) is 11.2 Å². The first-order valence-electron chi connectivity index (χ1n) is 4.85. The van der Waals surface area contributed by atoms with E-state index in [2.05, 4.69) is 4.74 Å². The summed E-state index contributed by atoms with van der Waals surface area (Å²) in [7, 11) is 1.33. The van der Waals surface area contributed by atoms with E-state index < -0.39 is 5.97 Å². The van der Waals surface area contributed by atoms with Crippen molar-refractivity contribution >= 4 is 5.97 Å². The molecule has 0 amide bonds. The molecule has 0 radical (unpaired) electrons. The normalized spacial score (nSPS) is 11.5. The lowest BCUT2D eigenvalue weighted by atomic mass is 9.88. The van der Waals surface area contributed by atoms with E-state index >= 15 is 0 Å². The highest BCUT2D eigenvalue weighted by molar-refractivity contribution is 5.86. The molecule has 4 heteroatoms. The molecular formula is C11H17NO3. The van der Waals surface area contributed by atoms with Gasteiger partial charge in [0.2, 0.25) is 5.76 Å². The standard InChI is InChI=1S/C11H17NO3/c1-11(2,7-12)6-8-4-5-9(15-8)10(13)14-3/h4-5H,6-7,12H2,1-3H3. The first kappa shape index (κ1) is 11.8. The number of methoxy groups -OCH3 is 1. The third-order valence-electron chi connectivity index (χ3n) is 2.25. The second-order valence-corrected chi connectivity index (χ2v) is 4.30. The first-order valence-corrected chi connectivity index (χ1v) is 4.85. The summed E-state index contributed by atoms with van der Waals surface area (Å²) in [6, 6.07) is 3.40. The van der Waals surface area contributed by atoms with Crippen LogP contribution in [0.25, 0.3) is 0 Å². The van der Waals surface area contributed by atoms with Crippen molar-refractivity contribution in [2.24, 2.45) is 11.1 Å². The van der Waals surface area contributed by atoms with E-state index in [1.807, 2.05) is 13.8 Å². The number of hydrogen-bond acceptors (Lipinski definition) is 4. The van der Waals surface area contributed by atoms with Crippen molar-refractivity contribution < 1.29 is 13.9 Å². The van der Waals surface area contributed by atoms with E-state index in [0.29, 0.717) is 13.0 Å². The van der Waals surface area contributed by atoms with E-state index in [1.165, 1.54) is 7.11 Å². The molecule has 0 unspecified atom stereocenters. The van der Waals surface area contributed by atoms with Gasteiger partial charge >= 0.3 is 5.97 Å². The molecule has 0 aliphatic rings. The molecule has 0 saturated carbocycles. The number of hydrogen-bond donors (Lipinski definition) is 1. The van der Waals surface area contributed by atoms with Gasteiger partial charge in [0.05, 0.1) is 7.11 Å². The summed E-state index contributed by atoms with van der Waals surface area (Å²) in [6.07, 6.45) is 0.709. The minimum atomic E-state index is -0.452. The van der Waals surface area contributed by atoms with Gasteiger partial charge in [-0.25, -0.2) is 4.79 Å². The molecule has 0 spiro atoms. The van der Waals surface area contributed by atoms with Crippen molar-refractivity contribution in [1.82, 2.24) is 0 Å². The monoisotopic (exact) mass is 211 g/mol. The summed E-state index contributed by atoms with van der Waals surface area (Å²) in [4.78, 5) is 11.1. The van der Waals surface area contributed by atoms with Gasteiger partial charge in [-0.15, -0.1) is 0 Å². The van der Waals surface area contributed by atoms with Gasteiger partial charge in [-0.2, -0.15) is 0 Å². The number of carbonyl (C=O) groups is 1. The number of esters is 1. The third kappa shape index (κ3) is 3.09. The summed E-state index contributed by atoms with van der Waals surface area (Å²) in [5.74, 6) is 0.540. The molecule has 84 valence electrons. The van der Waals surface area contributed by atoms with Crippen LogP contribution in [0.4, 0.5) is 0 Å². The zero-order valence-corrected chi connectivity index (χ0v) is 9.37. The third-order valence-corrected chi connectivity index (χ3v) is 2.25. The Hall–Kier alpha value is -1.29. The predicted molar refractivity (Wildman–Crippen MR) is 56.6 cm³/mol. The summed E-state index contributed by atoms with van der Waals surface area (Å²) >= 11 is 0. The average molecular weight is 211 g/mol. The van der Waals surface area contributed by atoms with Crippen LogP contribution >= 0.6 is 0 Å². The largest absolute Gasteiger partial charge is 0.463 e. The Labute approximate surface area is 89.4 Å². The predicted octanol–water partition coefficient (Wildman–Crippen LogP) is 1.59. The fourth-order valence-electron chi connectivity index (χ4n) is 1.23. The van der Waals surface area contributed by atoms with E-state index in [1.54, 1.807) is 12.1 Å². The lowest BCUT2D eigenvalue weighted by molar-refractivity contribution is 0.0562. The number of ether oxygens (including phenoxy) is 1. The molecule has 0 saturated heterocycles. The van der Waals surface area contributed by atoms with Crippen LogP contribution < -0.4 is 5.73 Å². The Bertz CT molecular complexity index is 341. The summed E-state index contributed by atoms with van der Waals surface area (Å²) in [6.45, 7) is 4.67. The molecule has 0 aromatic carbocycles. The highest BCUT2D eigenvalue weighted by Crippen LogP contribution is 2.21. The summed E-state index contributed by atoms with van der Waals surface area (Å²) in [5, 5.41) is 0. The zero-order chi connectivity index (χ0) is 11.5. The van der Waals surface area contributed by atoms with Gasteiger partial charge in [0, 0.05) is 6.42 Å². The van der Waals surface area contributed by atoms with Gasteiger partial charge < -0.3 is 14.9 Å². The van der Waals surface area contributed by atoms with E-state index in [4.69, 9.17) is 10.2 Å². The van der Waals surface area contributed by atoms with Gasteiger partial charge in [0.1, 0.15) is 5.76 Å². The Morgan fingerprint density at radius 1 is 1.53 bits per heavy atom. The minimum absolute atomic E-state index is 0.0226. The Morgan fingerprint density at radius 2 is 2.20 bits per heavy atom. The molecule has 1 aromatic heterocycles. The lowest BCUT2D eigenvalue weighted by Crippen LogP contribution is -2.25. The molecule has 1 rings (SSSR count). The molecule has 0 aliphatic carbocycles. The maximum absolute atomic E-state index is 11.1. The van der Waals surface area contributed by atoms with Crippen molar-refractivity contribution in [2.75, 3.05) is 13.7 Å². The zero-order valence-electron chi connectivity index (χ0n) is 9.37. The quantitative estimate of drug-likeness (QED) is 0.768. The molecule has 0 bridgehead atoms. The maximum Gasteiger partial charge on any atom is 0.373 e. The molecule has 1 aromatic rings. The molecule has 2 N–H and O–H groups in total. The van der Waals surface area contributed by atoms with Crippen LogP contribution in [-0.4, -0.2) is 19.6 Å². The summed E-state index contributed by atoms with van der Waals surface area (Å²) < 4.78 is 9.89. The number of rotatable bonds is 4. The van der Waals surface area contributed by atoms with Crippen molar-refractivity contribution in [3.05, 3.63) is 23.7 Å². The van der Waals surface area contributed by atoms with Crippen LogP contribution in [0.3, 0.4) is 0 Å². The molecular weight excluding hydrogens is 194 g/mol. The SMILES string of the molecule is COC(=O)c1ccc(CC(C)(C)CN)o1. The van der Waals surface area contributed by atoms with Crippen LogP contribution in [-0.2, 0) is 11.2 Å². The van der Waals surface area contributed by atoms with Crippen LogP contribution in [0.2, 0.25) is 0 Å². The smallest absolute Gasteiger partial charge is 0.373 e. The molecule has 1 heterocycles. The van der Waals surface area contributed by atoms with Crippen LogP contribution in [0.15, 0.2) is 16.5 Å². The highest BCUT2D eigenvalue weighted by Gasteiger charge is 2.19.